The fourth-order valence-corrected chi connectivity index (χ4v) is 5.24. The third-order valence-electron chi connectivity index (χ3n) is 4.45. The van der Waals surface area contributed by atoms with Crippen molar-refractivity contribution in [2.75, 3.05) is 0 Å². The van der Waals surface area contributed by atoms with Gasteiger partial charge in [-0.15, -0.1) is 22.7 Å². The lowest BCUT2D eigenvalue weighted by molar-refractivity contribution is 0.958. The van der Waals surface area contributed by atoms with E-state index >= 15 is 0 Å². The fraction of sp³-hybridized carbons (Fsp3) is 0.278. The summed E-state index contributed by atoms with van der Waals surface area (Å²) in [5, 5.41) is 14.1. The molecule has 0 atom stereocenters. The molecule has 4 aromatic heterocycles. The van der Waals surface area contributed by atoms with E-state index in [1.54, 1.807) is 22.7 Å². The van der Waals surface area contributed by atoms with E-state index in [1.807, 2.05) is 13.8 Å². The van der Waals surface area contributed by atoms with Gasteiger partial charge in [0.05, 0.1) is 22.0 Å². The second kappa shape index (κ2) is 5.50. The molecule has 4 heterocycles. The Kier molecular flexibility index (Phi) is 3.54. The van der Waals surface area contributed by atoms with Crippen molar-refractivity contribution in [2.45, 2.75) is 34.6 Å². The van der Waals surface area contributed by atoms with E-state index in [0.29, 0.717) is 0 Å². The van der Waals surface area contributed by atoms with E-state index in [9.17, 15) is 0 Å². The summed E-state index contributed by atoms with van der Waals surface area (Å²) in [6.07, 6.45) is 0. The molecule has 122 valence electrons. The van der Waals surface area contributed by atoms with Crippen molar-refractivity contribution in [3.8, 4) is 15.7 Å². The Morgan fingerprint density at radius 2 is 1.54 bits per heavy atom. The molecule has 0 aromatic carbocycles. The molecule has 4 rings (SSSR count). The molecular weight excluding hydrogens is 336 g/mol. The number of aryl methyl sites for hydroxylation is 5. The Balaban J connectivity index is 2.00. The second-order valence-electron chi connectivity index (χ2n) is 6.01. The summed E-state index contributed by atoms with van der Waals surface area (Å²) in [7, 11) is 0. The maximum Gasteiger partial charge on any atom is 0.194 e. The molecule has 0 aliphatic heterocycles. The van der Waals surface area contributed by atoms with Gasteiger partial charge in [-0.1, -0.05) is 6.07 Å². The van der Waals surface area contributed by atoms with Gasteiger partial charge in [-0.05, 0) is 46.1 Å². The van der Waals surface area contributed by atoms with Crippen LogP contribution in [-0.2, 0) is 0 Å². The third-order valence-corrected chi connectivity index (χ3v) is 6.28. The summed E-state index contributed by atoms with van der Waals surface area (Å²) < 4.78 is 2.25. The maximum atomic E-state index is 4.95. The number of hydrogen-bond donors (Lipinski definition) is 0. The first-order chi connectivity index (χ1) is 11.5. The van der Waals surface area contributed by atoms with Crippen molar-refractivity contribution < 1.29 is 0 Å². The molecule has 0 N–H and O–H groups in total. The number of aromatic nitrogens is 4. The molecule has 0 bridgehead atoms. The van der Waals surface area contributed by atoms with Gasteiger partial charge in [0.15, 0.2) is 5.13 Å². The van der Waals surface area contributed by atoms with Crippen LogP contribution in [0.2, 0.25) is 0 Å². The molecule has 0 radical (unpaired) electrons. The Labute approximate surface area is 148 Å². The largest absolute Gasteiger partial charge is 0.293 e. The topological polar surface area (TPSA) is 43.6 Å². The van der Waals surface area contributed by atoms with Gasteiger partial charge < -0.3 is 0 Å². The highest BCUT2D eigenvalue weighted by Gasteiger charge is 2.20. The number of hydrogen-bond acceptors (Lipinski definition) is 5. The molecule has 24 heavy (non-hydrogen) atoms. The molecule has 0 spiro atoms. The van der Waals surface area contributed by atoms with Crippen LogP contribution in [0.15, 0.2) is 17.5 Å². The molecule has 0 amide bonds. The smallest absolute Gasteiger partial charge is 0.194 e. The average Bonchev–Trinajstić information content (AvgIpc) is 3.23. The monoisotopic (exact) mass is 354 g/mol. The molecule has 0 aliphatic rings. The Hall–Kier alpha value is -2.05. The molecule has 0 unspecified atom stereocenters. The predicted molar refractivity (Wildman–Crippen MR) is 102 cm³/mol. The maximum absolute atomic E-state index is 4.95. The van der Waals surface area contributed by atoms with Crippen molar-refractivity contribution in [3.63, 3.8) is 0 Å². The molecular formula is C18H18N4S2. The fourth-order valence-electron chi connectivity index (χ4n) is 3.38. The van der Waals surface area contributed by atoms with E-state index in [2.05, 4.69) is 53.0 Å². The lowest BCUT2D eigenvalue weighted by atomic mass is 10.1. The number of thiazole rings is 1. The molecule has 0 aliphatic carbocycles. The van der Waals surface area contributed by atoms with Gasteiger partial charge in [-0.25, -0.2) is 4.98 Å². The van der Waals surface area contributed by atoms with E-state index < -0.39 is 0 Å². The summed E-state index contributed by atoms with van der Waals surface area (Å²) in [6, 6.07) is 4.20. The standard InChI is InChI=1S/C18H18N4S2/c1-9-15-11(3)22(12(4)16(15)10(2)21-20-9)18-19-17(13(5)24-18)14-7-6-8-23-14/h6-8H,1-5H3. The highest BCUT2D eigenvalue weighted by molar-refractivity contribution is 7.16. The zero-order chi connectivity index (χ0) is 17.0. The van der Waals surface area contributed by atoms with Crippen molar-refractivity contribution in [2.24, 2.45) is 0 Å². The van der Waals surface area contributed by atoms with Crippen LogP contribution in [0.25, 0.3) is 26.5 Å². The number of rotatable bonds is 2. The van der Waals surface area contributed by atoms with Crippen LogP contribution in [-0.4, -0.2) is 19.7 Å². The minimum atomic E-state index is 0.974. The quantitative estimate of drug-likeness (QED) is 0.500. The zero-order valence-electron chi connectivity index (χ0n) is 14.3. The van der Waals surface area contributed by atoms with Gasteiger partial charge >= 0.3 is 0 Å². The first-order valence-corrected chi connectivity index (χ1v) is 9.51. The zero-order valence-corrected chi connectivity index (χ0v) is 16.0. The summed E-state index contributed by atoms with van der Waals surface area (Å²) in [5.74, 6) is 0. The Morgan fingerprint density at radius 3 is 2.08 bits per heavy atom. The van der Waals surface area contributed by atoms with Crippen LogP contribution in [0.1, 0.15) is 27.7 Å². The van der Waals surface area contributed by atoms with Gasteiger partial charge in [-0.3, -0.25) is 4.57 Å². The Bertz CT molecular complexity index is 1010. The minimum absolute atomic E-state index is 0.974. The number of fused-ring (bicyclic) bond motifs is 1. The van der Waals surface area contributed by atoms with Crippen LogP contribution < -0.4 is 0 Å². The van der Waals surface area contributed by atoms with E-state index in [0.717, 1.165) is 22.2 Å². The highest BCUT2D eigenvalue weighted by Crippen LogP contribution is 2.36. The summed E-state index contributed by atoms with van der Waals surface area (Å²) in [4.78, 5) is 7.41. The van der Waals surface area contributed by atoms with Gasteiger partial charge in [0.1, 0.15) is 0 Å². The van der Waals surface area contributed by atoms with E-state index in [4.69, 9.17) is 4.98 Å². The first kappa shape index (κ1) is 15.5. The first-order valence-electron chi connectivity index (χ1n) is 7.82. The van der Waals surface area contributed by atoms with Crippen molar-refractivity contribution in [3.05, 3.63) is 45.2 Å². The van der Waals surface area contributed by atoms with Crippen LogP contribution >= 0.6 is 22.7 Å². The van der Waals surface area contributed by atoms with Gasteiger partial charge in [0.2, 0.25) is 0 Å². The van der Waals surface area contributed by atoms with E-state index in [-0.39, 0.29) is 0 Å². The second-order valence-corrected chi connectivity index (χ2v) is 8.13. The Morgan fingerprint density at radius 1 is 0.917 bits per heavy atom. The van der Waals surface area contributed by atoms with Gasteiger partial charge in [0.25, 0.3) is 0 Å². The van der Waals surface area contributed by atoms with Crippen molar-refractivity contribution in [1.82, 2.24) is 19.7 Å². The average molecular weight is 355 g/mol. The van der Waals surface area contributed by atoms with Gasteiger partial charge in [-0.2, -0.15) is 10.2 Å². The lowest BCUT2D eigenvalue weighted by Crippen LogP contribution is -1.98. The molecule has 0 fully saturated rings. The van der Waals surface area contributed by atoms with Crippen LogP contribution in [0.5, 0.6) is 0 Å². The molecule has 4 nitrogen and oxygen atoms in total. The molecule has 0 saturated carbocycles. The third kappa shape index (κ3) is 2.13. The predicted octanol–water partition coefficient (Wildman–Crippen LogP) is 5.15. The van der Waals surface area contributed by atoms with Crippen molar-refractivity contribution in [1.29, 1.82) is 0 Å². The molecule has 0 saturated heterocycles. The van der Waals surface area contributed by atoms with E-state index in [1.165, 1.54) is 31.9 Å². The minimum Gasteiger partial charge on any atom is -0.293 e. The normalized spacial score (nSPS) is 11.5. The summed E-state index contributed by atoms with van der Waals surface area (Å²) >= 11 is 3.47. The van der Waals surface area contributed by atoms with Crippen LogP contribution in [0, 0.1) is 34.6 Å². The highest BCUT2D eigenvalue weighted by atomic mass is 32.1. The van der Waals surface area contributed by atoms with Gasteiger partial charge in [0, 0.05) is 27.0 Å². The summed E-state index contributed by atoms with van der Waals surface area (Å²) in [5.41, 5.74) is 5.41. The SMILES string of the molecule is Cc1sc(-n2c(C)c3c(C)nnc(C)c3c2C)nc1-c1cccs1. The lowest BCUT2D eigenvalue weighted by Gasteiger charge is -2.04. The van der Waals surface area contributed by atoms with Crippen LogP contribution in [0.3, 0.4) is 0 Å². The number of thiophene rings is 1. The summed E-state index contributed by atoms with van der Waals surface area (Å²) in [6.45, 7) is 10.5. The van der Waals surface area contributed by atoms with Crippen molar-refractivity contribution >= 4 is 33.4 Å². The number of nitrogens with zero attached hydrogens (tertiary/aromatic N) is 4. The van der Waals surface area contributed by atoms with Crippen LogP contribution in [0.4, 0.5) is 0 Å². The molecule has 4 aromatic rings. The molecule has 6 heteroatoms.